The Bertz CT molecular complexity index is 339. The maximum Gasteiger partial charge on any atom is 0.0358 e. The van der Waals surface area contributed by atoms with Gasteiger partial charge < -0.3 is 9.88 Å². The molecular formula is C17H32N2. The topological polar surface area (TPSA) is 17.0 Å². The van der Waals surface area contributed by atoms with Gasteiger partial charge in [-0.25, -0.2) is 0 Å². The molecule has 0 fully saturated rings. The van der Waals surface area contributed by atoms with Crippen LogP contribution < -0.4 is 5.32 Å². The van der Waals surface area contributed by atoms with Crippen LogP contribution in [0.25, 0.3) is 0 Å². The smallest absolute Gasteiger partial charge is 0.0358 e. The third-order valence-electron chi connectivity index (χ3n) is 3.61. The molecule has 0 bridgehead atoms. The molecule has 1 unspecified atom stereocenters. The molecule has 0 amide bonds. The maximum atomic E-state index is 3.66. The van der Waals surface area contributed by atoms with Gasteiger partial charge in [-0.3, -0.25) is 0 Å². The highest BCUT2D eigenvalue weighted by Gasteiger charge is 2.15. The summed E-state index contributed by atoms with van der Waals surface area (Å²) >= 11 is 0. The third-order valence-corrected chi connectivity index (χ3v) is 3.61. The van der Waals surface area contributed by atoms with E-state index in [4.69, 9.17) is 0 Å². The number of rotatable bonds is 9. The summed E-state index contributed by atoms with van der Waals surface area (Å²) in [7, 11) is 0. The molecule has 0 aliphatic carbocycles. The maximum absolute atomic E-state index is 3.66. The predicted octanol–water partition coefficient (Wildman–Crippen LogP) is 4.62. The average molecular weight is 264 g/mol. The first-order chi connectivity index (χ1) is 9.04. The van der Waals surface area contributed by atoms with E-state index in [2.05, 4.69) is 63.0 Å². The molecule has 1 heterocycles. The van der Waals surface area contributed by atoms with Crippen LogP contribution in [0.4, 0.5) is 0 Å². The van der Waals surface area contributed by atoms with E-state index in [1.165, 1.54) is 24.8 Å². The van der Waals surface area contributed by atoms with Gasteiger partial charge in [-0.2, -0.15) is 0 Å². The first kappa shape index (κ1) is 16.3. The van der Waals surface area contributed by atoms with E-state index in [-0.39, 0.29) is 0 Å². The molecule has 1 rings (SSSR count). The van der Waals surface area contributed by atoms with E-state index in [9.17, 15) is 0 Å². The minimum atomic E-state index is 0.492. The second-order valence-electron chi connectivity index (χ2n) is 6.39. The Morgan fingerprint density at radius 2 is 1.95 bits per heavy atom. The van der Waals surface area contributed by atoms with Gasteiger partial charge in [0.15, 0.2) is 0 Å². The number of aryl methyl sites for hydroxylation is 1. The molecule has 1 aromatic heterocycles. The molecule has 0 aromatic carbocycles. The lowest BCUT2D eigenvalue weighted by atomic mass is 9.98. The Labute approximate surface area is 119 Å². The van der Waals surface area contributed by atoms with Crippen molar-refractivity contribution in [3.8, 4) is 0 Å². The SMILES string of the molecule is CCCNC(c1ccn(CCCC(C)C)c1)C(C)C. The van der Waals surface area contributed by atoms with Crippen LogP contribution in [-0.2, 0) is 6.54 Å². The van der Waals surface area contributed by atoms with E-state index in [1.807, 2.05) is 0 Å². The van der Waals surface area contributed by atoms with Crippen molar-refractivity contribution in [2.75, 3.05) is 6.54 Å². The Hall–Kier alpha value is -0.760. The van der Waals surface area contributed by atoms with E-state index < -0.39 is 0 Å². The van der Waals surface area contributed by atoms with Crippen LogP contribution in [0.5, 0.6) is 0 Å². The largest absolute Gasteiger partial charge is 0.354 e. The van der Waals surface area contributed by atoms with Crippen LogP contribution in [0.3, 0.4) is 0 Å². The Balaban J connectivity index is 2.54. The fourth-order valence-corrected chi connectivity index (χ4v) is 2.50. The molecule has 1 atom stereocenters. The normalized spacial score (nSPS) is 13.4. The molecule has 0 radical (unpaired) electrons. The summed E-state index contributed by atoms with van der Waals surface area (Å²) in [6.45, 7) is 13.7. The molecule has 0 spiro atoms. The summed E-state index contributed by atoms with van der Waals surface area (Å²) in [6.07, 6.45) is 8.35. The number of aromatic nitrogens is 1. The van der Waals surface area contributed by atoms with E-state index >= 15 is 0 Å². The first-order valence-corrected chi connectivity index (χ1v) is 7.93. The fraction of sp³-hybridized carbons (Fsp3) is 0.765. The van der Waals surface area contributed by atoms with Crippen LogP contribution in [0.2, 0.25) is 0 Å². The highest BCUT2D eigenvalue weighted by Crippen LogP contribution is 2.22. The van der Waals surface area contributed by atoms with Gasteiger partial charge in [-0.15, -0.1) is 0 Å². The molecule has 2 heteroatoms. The van der Waals surface area contributed by atoms with Crippen LogP contribution in [0.1, 0.15) is 65.5 Å². The van der Waals surface area contributed by atoms with Gasteiger partial charge in [0.1, 0.15) is 0 Å². The molecule has 0 saturated heterocycles. The number of hydrogen-bond donors (Lipinski definition) is 1. The van der Waals surface area contributed by atoms with Crippen LogP contribution in [0, 0.1) is 11.8 Å². The Kier molecular flexibility index (Phi) is 7.22. The lowest BCUT2D eigenvalue weighted by molar-refractivity contribution is 0.412. The van der Waals surface area contributed by atoms with Crippen LogP contribution in [-0.4, -0.2) is 11.1 Å². The van der Waals surface area contributed by atoms with Crippen molar-refractivity contribution in [2.24, 2.45) is 11.8 Å². The van der Waals surface area contributed by atoms with Gasteiger partial charge in [0, 0.05) is 25.0 Å². The zero-order valence-corrected chi connectivity index (χ0v) is 13.4. The zero-order valence-electron chi connectivity index (χ0n) is 13.4. The van der Waals surface area contributed by atoms with E-state index in [1.54, 1.807) is 0 Å². The van der Waals surface area contributed by atoms with Crippen molar-refractivity contribution in [1.29, 1.82) is 0 Å². The highest BCUT2D eigenvalue weighted by atomic mass is 15.0. The average Bonchev–Trinajstić information content (AvgIpc) is 2.77. The number of nitrogens with one attached hydrogen (secondary N) is 1. The summed E-state index contributed by atoms with van der Waals surface area (Å²) in [5.74, 6) is 1.45. The predicted molar refractivity (Wildman–Crippen MR) is 84.4 cm³/mol. The summed E-state index contributed by atoms with van der Waals surface area (Å²) in [6, 6.07) is 2.77. The number of hydrogen-bond acceptors (Lipinski definition) is 1. The summed E-state index contributed by atoms with van der Waals surface area (Å²) in [5.41, 5.74) is 1.44. The molecule has 110 valence electrons. The highest BCUT2D eigenvalue weighted by molar-refractivity contribution is 5.16. The minimum absolute atomic E-state index is 0.492. The third kappa shape index (κ3) is 5.82. The molecule has 19 heavy (non-hydrogen) atoms. The van der Waals surface area contributed by atoms with Crippen molar-refractivity contribution >= 4 is 0 Å². The Morgan fingerprint density at radius 1 is 1.21 bits per heavy atom. The van der Waals surface area contributed by atoms with E-state index in [0.717, 1.165) is 19.0 Å². The minimum Gasteiger partial charge on any atom is -0.354 e. The molecule has 0 saturated carbocycles. The summed E-state index contributed by atoms with van der Waals surface area (Å²) in [5, 5.41) is 3.66. The van der Waals surface area contributed by atoms with Gasteiger partial charge in [0.25, 0.3) is 0 Å². The monoisotopic (exact) mass is 264 g/mol. The lowest BCUT2D eigenvalue weighted by Gasteiger charge is -2.21. The molecule has 0 aliphatic rings. The summed E-state index contributed by atoms with van der Waals surface area (Å²) < 4.78 is 2.35. The van der Waals surface area contributed by atoms with Crippen molar-refractivity contribution < 1.29 is 0 Å². The van der Waals surface area contributed by atoms with Crippen molar-refractivity contribution in [3.05, 3.63) is 24.0 Å². The van der Waals surface area contributed by atoms with Gasteiger partial charge in [0.05, 0.1) is 0 Å². The lowest BCUT2D eigenvalue weighted by Crippen LogP contribution is -2.26. The standard InChI is InChI=1S/C17H32N2/c1-6-10-18-17(15(4)5)16-9-12-19(13-16)11-7-8-14(2)3/h9,12-15,17-18H,6-8,10-11H2,1-5H3. The molecule has 2 nitrogen and oxygen atoms in total. The van der Waals surface area contributed by atoms with Gasteiger partial charge in [0.2, 0.25) is 0 Å². The van der Waals surface area contributed by atoms with Crippen molar-refractivity contribution in [3.63, 3.8) is 0 Å². The zero-order chi connectivity index (χ0) is 14.3. The van der Waals surface area contributed by atoms with Gasteiger partial charge in [-0.1, -0.05) is 34.6 Å². The van der Waals surface area contributed by atoms with Crippen LogP contribution in [0.15, 0.2) is 18.5 Å². The quantitative estimate of drug-likeness (QED) is 0.688. The second kappa shape index (κ2) is 8.42. The molecule has 0 aliphatic heterocycles. The van der Waals surface area contributed by atoms with E-state index in [0.29, 0.717) is 12.0 Å². The molecular weight excluding hydrogens is 232 g/mol. The van der Waals surface area contributed by atoms with Crippen molar-refractivity contribution in [1.82, 2.24) is 9.88 Å². The first-order valence-electron chi connectivity index (χ1n) is 7.93. The van der Waals surface area contributed by atoms with Crippen molar-refractivity contribution in [2.45, 2.75) is 66.5 Å². The van der Waals surface area contributed by atoms with Gasteiger partial charge >= 0.3 is 0 Å². The second-order valence-corrected chi connectivity index (χ2v) is 6.39. The molecule has 1 aromatic rings. The summed E-state index contributed by atoms with van der Waals surface area (Å²) in [4.78, 5) is 0. The van der Waals surface area contributed by atoms with Gasteiger partial charge in [-0.05, 0) is 49.3 Å². The fourth-order valence-electron chi connectivity index (χ4n) is 2.50. The number of nitrogens with zero attached hydrogens (tertiary/aromatic N) is 1. The van der Waals surface area contributed by atoms with Crippen LogP contribution >= 0.6 is 0 Å². The Morgan fingerprint density at radius 3 is 2.53 bits per heavy atom. The molecule has 1 N–H and O–H groups in total.